The van der Waals surface area contributed by atoms with Crippen LogP contribution in [0.15, 0.2) is 127 Å². The van der Waals surface area contributed by atoms with E-state index in [2.05, 4.69) is 31.9 Å². The normalized spacial score (nSPS) is 19.3. The van der Waals surface area contributed by atoms with E-state index in [-0.39, 0.29) is 38.5 Å². The summed E-state index contributed by atoms with van der Waals surface area (Å²) in [6.45, 7) is 2.63. The van der Waals surface area contributed by atoms with Crippen molar-refractivity contribution in [2.75, 3.05) is 5.32 Å². The quantitative estimate of drug-likeness (QED) is 0.100. The highest BCUT2D eigenvalue weighted by Crippen LogP contribution is 2.21. The summed E-state index contributed by atoms with van der Waals surface area (Å²) in [5, 5.41) is 28.1. The number of carboxylic acids is 1. The lowest BCUT2D eigenvalue weighted by Crippen LogP contribution is -2.61. The lowest BCUT2D eigenvalue weighted by atomic mass is 9.98. The van der Waals surface area contributed by atoms with Crippen LogP contribution in [0.4, 0.5) is 5.69 Å². The Balaban J connectivity index is 1.37. The molecule has 7 N–H and O–H groups in total. The largest absolute Gasteiger partial charge is 0.480 e. The van der Waals surface area contributed by atoms with Gasteiger partial charge in [0.05, 0.1) is 0 Å². The first-order valence-electron chi connectivity index (χ1n) is 20.6. The number of anilines is 1. The van der Waals surface area contributed by atoms with E-state index in [9.17, 15) is 38.7 Å². The molecule has 0 radical (unpaired) electrons. The van der Waals surface area contributed by atoms with Crippen molar-refractivity contribution in [1.82, 2.24) is 26.6 Å². The third kappa shape index (κ3) is 13.2. The molecule has 1 unspecified atom stereocenters. The van der Waals surface area contributed by atoms with Gasteiger partial charge in [0.2, 0.25) is 35.4 Å². The molecule has 0 saturated carbocycles. The van der Waals surface area contributed by atoms with Gasteiger partial charge in [-0.25, -0.2) is 4.79 Å². The van der Waals surface area contributed by atoms with Crippen LogP contribution in [0.25, 0.3) is 11.1 Å². The van der Waals surface area contributed by atoms with Gasteiger partial charge in [0.1, 0.15) is 29.7 Å². The highest BCUT2D eigenvalue weighted by molar-refractivity contribution is 7.09. The first-order chi connectivity index (χ1) is 30.2. The summed E-state index contributed by atoms with van der Waals surface area (Å²) in [5.41, 5.74) is 2.58. The summed E-state index contributed by atoms with van der Waals surface area (Å²) in [7, 11) is 0. The zero-order valence-corrected chi connectivity index (χ0v) is 35.7. The summed E-state index contributed by atoms with van der Waals surface area (Å²) < 4.78 is 0. The van der Waals surface area contributed by atoms with Crippen molar-refractivity contribution in [2.24, 2.45) is 0 Å². The van der Waals surface area contributed by atoms with Gasteiger partial charge < -0.3 is 37.0 Å². The van der Waals surface area contributed by atoms with Crippen molar-refractivity contribution in [2.45, 2.75) is 82.1 Å². The van der Waals surface area contributed by atoms with Gasteiger partial charge in [-0.05, 0) is 65.2 Å². The molecular weight excluding hydrogens is 821 g/mol. The molecule has 15 heteroatoms. The molecule has 6 amide bonds. The summed E-state index contributed by atoms with van der Waals surface area (Å²) >= 11 is 1.39. The third-order valence-corrected chi connectivity index (χ3v) is 11.4. The molecule has 1 aromatic heterocycles. The number of carbonyl (C=O) groups is 7. The Morgan fingerprint density at radius 3 is 1.75 bits per heavy atom. The predicted molar refractivity (Wildman–Crippen MR) is 239 cm³/mol. The summed E-state index contributed by atoms with van der Waals surface area (Å²) in [4.78, 5) is 96.3. The molecule has 0 aliphatic carbocycles. The molecule has 2 aliphatic rings. The predicted octanol–water partition coefficient (Wildman–Crippen LogP) is 4.34. The maximum absolute atomic E-state index is 14.6. The van der Waals surface area contributed by atoms with Crippen LogP contribution in [0.3, 0.4) is 0 Å². The zero-order chi connectivity index (χ0) is 44.9. The fourth-order valence-electron chi connectivity index (χ4n) is 6.96. The summed E-state index contributed by atoms with van der Waals surface area (Å²) in [6, 6.07) is 31.3. The number of hydrogen-bond acceptors (Lipinski definition) is 8. The molecule has 4 atom stereocenters. The molecule has 326 valence electrons. The van der Waals surface area contributed by atoms with Crippen molar-refractivity contribution in [3.05, 3.63) is 148 Å². The SMILES string of the molecule is CC(C)(NC(=O)[C@@H]1Cc2ccc(cc2)NC(=O)CCC(=O)NC(Cc2cccs2)C(=O)N[C@@H](Cc2ccc(-c3ccccc3)cc2)C(=O)N[C@H](Cc2ccccc2)C(=O)N1)C(=O)O. The number of hydrogen-bond donors (Lipinski definition) is 7. The number of thiophene rings is 1. The second-order valence-electron chi connectivity index (χ2n) is 15.9. The lowest BCUT2D eigenvalue weighted by Gasteiger charge is -2.28. The van der Waals surface area contributed by atoms with Gasteiger partial charge >= 0.3 is 5.97 Å². The topological polar surface area (TPSA) is 212 Å². The van der Waals surface area contributed by atoms with Gasteiger partial charge in [0.25, 0.3) is 0 Å². The number of benzene rings is 4. The van der Waals surface area contributed by atoms with Gasteiger partial charge in [0, 0.05) is 49.1 Å². The monoisotopic (exact) mass is 870 g/mol. The first kappa shape index (κ1) is 45.4. The Morgan fingerprint density at radius 2 is 1.16 bits per heavy atom. The number of carbonyl (C=O) groups excluding carboxylic acids is 6. The molecular formula is C48H50N6O8S. The highest BCUT2D eigenvalue weighted by Gasteiger charge is 2.35. The second kappa shape index (κ2) is 21.1. The van der Waals surface area contributed by atoms with Crippen LogP contribution >= 0.6 is 11.3 Å². The summed E-state index contributed by atoms with van der Waals surface area (Å²) in [5.74, 6) is -5.19. The van der Waals surface area contributed by atoms with E-state index in [0.29, 0.717) is 22.4 Å². The second-order valence-corrected chi connectivity index (χ2v) is 16.9. The Hall–Kier alpha value is -7.13. The van der Waals surface area contributed by atoms with Crippen molar-refractivity contribution in [3.63, 3.8) is 0 Å². The number of aliphatic carboxylic acids is 1. The van der Waals surface area contributed by atoms with E-state index in [4.69, 9.17) is 0 Å². The van der Waals surface area contributed by atoms with E-state index in [1.165, 1.54) is 25.2 Å². The molecule has 7 rings (SSSR count). The minimum absolute atomic E-state index is 0.00270. The van der Waals surface area contributed by atoms with Crippen LogP contribution in [-0.2, 0) is 59.2 Å². The van der Waals surface area contributed by atoms with Crippen molar-refractivity contribution in [1.29, 1.82) is 0 Å². The summed E-state index contributed by atoms with van der Waals surface area (Å²) in [6.07, 6.45) is -0.412. The van der Waals surface area contributed by atoms with Crippen molar-refractivity contribution >= 4 is 58.4 Å². The standard InChI is InChI=1S/C48H50N6O8S/c1-48(2,47(61)62)54-46(60)39-28-32-17-21-35(22-18-32)49-41(55)23-24-42(56)50-40(29-36-14-9-25-63-36)45(59)52-38(27-31-15-19-34(20-16-31)33-12-7-4-8-13-33)43(57)51-37(44(58)53-39)26-30-10-5-3-6-11-30/h3-22,25,37-40H,23-24,26-29H2,1-2H3,(H,49,55)(H,50,56)(H,51,57)(H,52,59)(H,53,58)(H,54,60)(H,61,62)/t37-,38+,39+,40?/m1/s1. The van der Waals surface area contributed by atoms with Gasteiger partial charge in [-0.15, -0.1) is 11.3 Å². The molecule has 5 aromatic rings. The lowest BCUT2D eigenvalue weighted by molar-refractivity contribution is -0.146. The molecule has 2 aliphatic heterocycles. The average molecular weight is 871 g/mol. The minimum atomic E-state index is -1.70. The molecule has 0 fully saturated rings. The number of carboxylic acid groups (broad SMARTS) is 1. The van der Waals surface area contributed by atoms with E-state index in [1.807, 2.05) is 72.1 Å². The van der Waals surface area contributed by atoms with Crippen LogP contribution in [0, 0.1) is 0 Å². The molecule has 0 saturated heterocycles. The minimum Gasteiger partial charge on any atom is -0.480 e. The highest BCUT2D eigenvalue weighted by atomic mass is 32.1. The van der Waals surface area contributed by atoms with Gasteiger partial charge in [0.15, 0.2) is 0 Å². The average Bonchev–Trinajstić information content (AvgIpc) is 3.79. The molecule has 2 bridgehead atoms. The van der Waals surface area contributed by atoms with E-state index in [0.717, 1.165) is 16.0 Å². The van der Waals surface area contributed by atoms with Crippen molar-refractivity contribution < 1.29 is 38.7 Å². The van der Waals surface area contributed by atoms with Crippen LogP contribution in [0.5, 0.6) is 0 Å². The zero-order valence-electron chi connectivity index (χ0n) is 34.9. The van der Waals surface area contributed by atoms with Gasteiger partial charge in [-0.3, -0.25) is 28.8 Å². The van der Waals surface area contributed by atoms with Gasteiger partial charge in [-0.1, -0.05) is 103 Å². The van der Waals surface area contributed by atoms with Gasteiger partial charge in [-0.2, -0.15) is 0 Å². The molecule has 4 aromatic carbocycles. The van der Waals surface area contributed by atoms with E-state index < -0.39 is 71.1 Å². The number of fused-ring (bicyclic) bond motifs is 18. The maximum Gasteiger partial charge on any atom is 0.328 e. The van der Waals surface area contributed by atoms with E-state index >= 15 is 0 Å². The Bertz CT molecular complexity index is 2390. The van der Waals surface area contributed by atoms with Crippen molar-refractivity contribution in [3.8, 4) is 11.1 Å². The van der Waals surface area contributed by atoms with Crippen LogP contribution in [0.1, 0.15) is 48.3 Å². The molecule has 0 spiro atoms. The van der Waals surface area contributed by atoms with Crippen LogP contribution in [0.2, 0.25) is 0 Å². The van der Waals surface area contributed by atoms with Crippen LogP contribution in [-0.4, -0.2) is 76.2 Å². The Labute approximate surface area is 369 Å². The van der Waals surface area contributed by atoms with Crippen LogP contribution < -0.4 is 31.9 Å². The number of amides is 6. The van der Waals surface area contributed by atoms with E-state index in [1.54, 1.807) is 54.6 Å². The molecule has 63 heavy (non-hydrogen) atoms. The first-order valence-corrected chi connectivity index (χ1v) is 21.5. The number of rotatable bonds is 10. The fourth-order valence-corrected chi connectivity index (χ4v) is 7.71. The molecule has 3 heterocycles. The Morgan fingerprint density at radius 1 is 0.619 bits per heavy atom. The maximum atomic E-state index is 14.6. The third-order valence-electron chi connectivity index (χ3n) is 10.5. The number of nitrogens with one attached hydrogen (secondary N) is 6. The Kier molecular flexibility index (Phi) is 15.2. The smallest absolute Gasteiger partial charge is 0.328 e. The molecule has 14 nitrogen and oxygen atoms in total. The fraction of sp³-hybridized carbons (Fsp3) is 0.271.